The number of aliphatic hydroxyl groups is 1. The summed E-state index contributed by atoms with van der Waals surface area (Å²) in [6, 6.07) is 24.2. The summed E-state index contributed by atoms with van der Waals surface area (Å²) in [5.74, 6) is 0.627. The fourth-order valence-electron chi connectivity index (χ4n) is 3.90. The molecule has 0 saturated carbocycles. The smallest absolute Gasteiger partial charge is 0.268 e. The highest BCUT2D eigenvalue weighted by atomic mass is 32.2. The third-order valence-corrected chi connectivity index (χ3v) is 8.79. The third-order valence-electron chi connectivity index (χ3n) is 5.49. The van der Waals surface area contributed by atoms with E-state index >= 15 is 0 Å². The predicted molar refractivity (Wildman–Crippen MR) is 135 cm³/mol. The predicted octanol–water partition coefficient (Wildman–Crippen LogP) is 5.83. The van der Waals surface area contributed by atoms with Crippen molar-refractivity contribution >= 4 is 29.0 Å². The summed E-state index contributed by atoms with van der Waals surface area (Å²) in [6.45, 7) is 6.96. The number of aliphatic hydroxyl groups excluding tert-OH is 1. The van der Waals surface area contributed by atoms with Gasteiger partial charge in [0.05, 0.1) is 16.5 Å². The molecule has 172 valence electrons. The lowest BCUT2D eigenvalue weighted by molar-refractivity contribution is 0.199. The third kappa shape index (κ3) is 5.21. The van der Waals surface area contributed by atoms with Crippen LogP contribution in [0.2, 0.25) is 25.7 Å². The van der Waals surface area contributed by atoms with E-state index in [4.69, 9.17) is 4.74 Å². The van der Waals surface area contributed by atoms with Crippen LogP contribution in [-0.2, 0) is 16.6 Å². The van der Waals surface area contributed by atoms with Gasteiger partial charge in [-0.1, -0.05) is 68.2 Å². The molecule has 1 atom stereocenters. The van der Waals surface area contributed by atoms with Crippen LogP contribution < -0.4 is 4.74 Å². The van der Waals surface area contributed by atoms with Gasteiger partial charge in [-0.2, -0.15) is 0 Å². The van der Waals surface area contributed by atoms with Crippen molar-refractivity contribution in [3.63, 3.8) is 0 Å². The number of ether oxygens (including phenoxy) is 1. The van der Waals surface area contributed by atoms with Gasteiger partial charge < -0.3 is 9.84 Å². The second-order valence-electron chi connectivity index (χ2n) is 9.43. The lowest BCUT2D eigenvalue weighted by atomic mass is 10.1. The van der Waals surface area contributed by atoms with Crippen molar-refractivity contribution in [1.29, 1.82) is 0 Å². The highest BCUT2D eigenvalue weighted by Gasteiger charge is 2.27. The normalized spacial score (nSPS) is 13.2. The minimum Gasteiger partial charge on any atom is -0.489 e. The lowest BCUT2D eigenvalue weighted by Crippen LogP contribution is -2.22. The van der Waals surface area contributed by atoms with E-state index in [1.165, 1.54) is 3.97 Å². The van der Waals surface area contributed by atoms with E-state index in [1.807, 2.05) is 36.4 Å². The molecule has 0 radical (unpaired) electrons. The van der Waals surface area contributed by atoms with E-state index in [0.717, 1.165) is 5.56 Å². The zero-order chi connectivity index (χ0) is 23.6. The molecule has 0 aliphatic rings. The van der Waals surface area contributed by atoms with Crippen molar-refractivity contribution < 1.29 is 18.3 Å². The van der Waals surface area contributed by atoms with Crippen LogP contribution in [-0.4, -0.2) is 25.6 Å². The Morgan fingerprint density at radius 3 is 2.21 bits per heavy atom. The quantitative estimate of drug-likeness (QED) is 0.323. The summed E-state index contributed by atoms with van der Waals surface area (Å²) in [4.78, 5) is 0.206. The molecule has 1 unspecified atom stereocenters. The Labute approximate surface area is 196 Å². The van der Waals surface area contributed by atoms with Crippen LogP contribution in [0.4, 0.5) is 0 Å². The molecule has 0 saturated heterocycles. The molecule has 5 nitrogen and oxygen atoms in total. The molecule has 1 aromatic heterocycles. The van der Waals surface area contributed by atoms with Crippen molar-refractivity contribution in [2.24, 2.45) is 0 Å². The molecule has 0 amide bonds. The summed E-state index contributed by atoms with van der Waals surface area (Å²) >= 11 is 0. The summed E-state index contributed by atoms with van der Waals surface area (Å²) < 4.78 is 34.1. The minimum absolute atomic E-state index is 0.206. The molecule has 0 spiro atoms. The number of nitrogens with zero attached hydrogens (tertiary/aromatic N) is 1. The number of benzene rings is 3. The largest absolute Gasteiger partial charge is 0.489 e. The Hall–Kier alpha value is -2.87. The second kappa shape index (κ2) is 9.17. The Kier molecular flexibility index (Phi) is 6.47. The zero-order valence-corrected chi connectivity index (χ0v) is 20.9. The fraction of sp³-hybridized carbons (Fsp3) is 0.231. The average molecular weight is 480 g/mol. The van der Waals surface area contributed by atoms with Crippen molar-refractivity contribution in [1.82, 2.24) is 3.97 Å². The van der Waals surface area contributed by atoms with Crippen LogP contribution in [0.25, 0.3) is 10.9 Å². The van der Waals surface area contributed by atoms with Gasteiger partial charge in [-0.15, -0.1) is 0 Å². The van der Waals surface area contributed by atoms with Gasteiger partial charge in [-0.3, -0.25) is 0 Å². The van der Waals surface area contributed by atoms with Crippen LogP contribution in [0.1, 0.15) is 17.2 Å². The molecule has 33 heavy (non-hydrogen) atoms. The Bertz CT molecular complexity index is 1340. The van der Waals surface area contributed by atoms with Crippen LogP contribution in [0.15, 0.2) is 90.0 Å². The second-order valence-corrected chi connectivity index (χ2v) is 16.8. The Morgan fingerprint density at radius 1 is 0.939 bits per heavy atom. The summed E-state index contributed by atoms with van der Waals surface area (Å²) in [6.07, 6.45) is 0.814. The maximum absolute atomic E-state index is 13.4. The molecular weight excluding hydrogens is 450 g/mol. The molecule has 0 fully saturated rings. The fourth-order valence-corrected chi connectivity index (χ4v) is 6.67. The van der Waals surface area contributed by atoms with Gasteiger partial charge in [0, 0.05) is 25.2 Å². The van der Waals surface area contributed by atoms with E-state index in [2.05, 4.69) is 19.6 Å². The monoisotopic (exact) mass is 479 g/mol. The number of hydrogen-bond acceptors (Lipinski definition) is 4. The molecule has 1 heterocycles. The first-order valence-electron chi connectivity index (χ1n) is 11.0. The van der Waals surface area contributed by atoms with Crippen molar-refractivity contribution in [2.45, 2.75) is 43.3 Å². The first-order chi connectivity index (χ1) is 15.6. The van der Waals surface area contributed by atoms with E-state index in [1.54, 1.807) is 48.7 Å². The highest BCUT2D eigenvalue weighted by Crippen LogP contribution is 2.35. The van der Waals surface area contributed by atoms with Crippen molar-refractivity contribution in [2.75, 3.05) is 0 Å². The first kappa shape index (κ1) is 23.3. The van der Waals surface area contributed by atoms with Crippen LogP contribution in [0, 0.1) is 0 Å². The maximum atomic E-state index is 13.4. The molecule has 4 aromatic rings. The SMILES string of the molecule is C[Si](C)(C)CC(O)c1cn(S(=O)(=O)c2ccccc2)c2ccc(OCc3ccccc3)cc12. The number of rotatable bonds is 8. The number of aromatic nitrogens is 1. The lowest BCUT2D eigenvalue weighted by Gasteiger charge is -2.20. The first-order valence-corrected chi connectivity index (χ1v) is 16.1. The molecule has 0 bridgehead atoms. The molecule has 0 aliphatic carbocycles. The van der Waals surface area contributed by atoms with Gasteiger partial charge in [0.25, 0.3) is 10.0 Å². The van der Waals surface area contributed by atoms with Crippen LogP contribution >= 0.6 is 0 Å². The van der Waals surface area contributed by atoms with Gasteiger partial charge >= 0.3 is 0 Å². The average Bonchev–Trinajstić information content (AvgIpc) is 3.18. The topological polar surface area (TPSA) is 68.5 Å². The van der Waals surface area contributed by atoms with Gasteiger partial charge in [0.2, 0.25) is 0 Å². The number of fused-ring (bicyclic) bond motifs is 1. The van der Waals surface area contributed by atoms with Crippen LogP contribution in [0.3, 0.4) is 0 Å². The molecule has 3 aromatic carbocycles. The molecule has 1 N–H and O–H groups in total. The zero-order valence-electron chi connectivity index (χ0n) is 19.1. The van der Waals surface area contributed by atoms with Crippen molar-refractivity contribution in [3.05, 3.63) is 96.2 Å². The standard InChI is InChI=1S/C26H29NO4SSi/c1-33(2,3)19-26(28)24-17-27(32(29,30)22-12-8-5-9-13-22)25-15-14-21(16-23(24)25)31-18-20-10-6-4-7-11-20/h4-17,26,28H,18-19H2,1-3H3. The molecule has 7 heteroatoms. The maximum Gasteiger partial charge on any atom is 0.268 e. The van der Waals surface area contributed by atoms with Gasteiger partial charge in [0.15, 0.2) is 0 Å². The Morgan fingerprint density at radius 2 is 1.58 bits per heavy atom. The van der Waals surface area contributed by atoms with E-state index in [0.29, 0.717) is 34.9 Å². The summed E-state index contributed by atoms with van der Waals surface area (Å²) in [7, 11) is -5.42. The molecular formula is C26H29NO4SSi. The van der Waals surface area contributed by atoms with Crippen molar-refractivity contribution in [3.8, 4) is 5.75 Å². The Balaban J connectivity index is 1.79. The molecule has 0 aliphatic heterocycles. The van der Waals surface area contributed by atoms with E-state index in [9.17, 15) is 13.5 Å². The summed E-state index contributed by atoms with van der Waals surface area (Å²) in [5, 5.41) is 11.8. The highest BCUT2D eigenvalue weighted by molar-refractivity contribution is 7.90. The van der Waals surface area contributed by atoms with E-state index in [-0.39, 0.29) is 4.90 Å². The van der Waals surface area contributed by atoms with Gasteiger partial charge in [-0.25, -0.2) is 12.4 Å². The van der Waals surface area contributed by atoms with Crippen LogP contribution in [0.5, 0.6) is 5.75 Å². The molecule has 4 rings (SSSR count). The van der Waals surface area contributed by atoms with Gasteiger partial charge in [-0.05, 0) is 41.9 Å². The van der Waals surface area contributed by atoms with E-state index < -0.39 is 24.2 Å². The summed E-state index contributed by atoms with van der Waals surface area (Å²) in [5.41, 5.74) is 2.17. The minimum atomic E-state index is -3.81. The van der Waals surface area contributed by atoms with Gasteiger partial charge in [0.1, 0.15) is 12.4 Å². The number of hydrogen-bond donors (Lipinski definition) is 1.